The minimum atomic E-state index is -0.131. The highest BCUT2D eigenvalue weighted by molar-refractivity contribution is 5.79. The summed E-state index contributed by atoms with van der Waals surface area (Å²) in [4.78, 5) is 14.8. The Morgan fingerprint density at radius 1 is 1.33 bits per heavy atom. The summed E-state index contributed by atoms with van der Waals surface area (Å²) >= 11 is 0. The Morgan fingerprint density at radius 3 is 2.62 bits per heavy atom. The SMILES string of the molecule is Cc1ccc(C2OCCCC2C(=O)N(C)CCC(N)C(C)C)cc1. The van der Waals surface area contributed by atoms with Crippen LogP contribution >= 0.6 is 0 Å². The second-order valence-corrected chi connectivity index (χ2v) is 7.41. The van der Waals surface area contributed by atoms with Crippen molar-refractivity contribution in [3.8, 4) is 0 Å². The Bertz CT molecular complexity index is 527. The molecule has 0 aliphatic carbocycles. The highest BCUT2D eigenvalue weighted by atomic mass is 16.5. The standard InChI is InChI=1S/C20H32N2O2/c1-14(2)18(21)11-12-22(4)20(23)17-6-5-13-24-19(17)16-9-7-15(3)8-10-16/h7-10,14,17-19H,5-6,11-13,21H2,1-4H3. The minimum Gasteiger partial charge on any atom is -0.373 e. The van der Waals surface area contributed by atoms with E-state index in [2.05, 4.69) is 45.0 Å². The van der Waals surface area contributed by atoms with Gasteiger partial charge in [-0.2, -0.15) is 0 Å². The fourth-order valence-corrected chi connectivity index (χ4v) is 3.19. The molecule has 0 radical (unpaired) electrons. The minimum absolute atomic E-state index is 0.0956. The van der Waals surface area contributed by atoms with Gasteiger partial charge in [-0.3, -0.25) is 4.79 Å². The third-order valence-corrected chi connectivity index (χ3v) is 5.08. The van der Waals surface area contributed by atoms with Crippen molar-refractivity contribution in [3.05, 3.63) is 35.4 Å². The normalized spacial score (nSPS) is 22.4. The first-order valence-corrected chi connectivity index (χ1v) is 9.09. The molecule has 2 N–H and O–H groups in total. The fourth-order valence-electron chi connectivity index (χ4n) is 3.19. The number of hydrogen-bond donors (Lipinski definition) is 1. The smallest absolute Gasteiger partial charge is 0.228 e. The Balaban J connectivity index is 2.03. The molecule has 2 rings (SSSR count). The molecule has 134 valence electrons. The summed E-state index contributed by atoms with van der Waals surface area (Å²) in [7, 11) is 1.89. The average Bonchev–Trinajstić information content (AvgIpc) is 2.59. The van der Waals surface area contributed by atoms with Crippen molar-refractivity contribution in [3.63, 3.8) is 0 Å². The second-order valence-electron chi connectivity index (χ2n) is 7.41. The Morgan fingerprint density at radius 2 is 2.00 bits per heavy atom. The molecule has 3 atom stereocenters. The number of ether oxygens (including phenoxy) is 1. The van der Waals surface area contributed by atoms with Gasteiger partial charge in [0.2, 0.25) is 5.91 Å². The topological polar surface area (TPSA) is 55.6 Å². The van der Waals surface area contributed by atoms with Crippen LogP contribution in [0.2, 0.25) is 0 Å². The van der Waals surface area contributed by atoms with Crippen LogP contribution in [-0.4, -0.2) is 37.0 Å². The highest BCUT2D eigenvalue weighted by Crippen LogP contribution is 2.35. The van der Waals surface area contributed by atoms with E-state index in [0.29, 0.717) is 12.5 Å². The maximum absolute atomic E-state index is 12.9. The zero-order chi connectivity index (χ0) is 17.7. The largest absolute Gasteiger partial charge is 0.373 e. The first kappa shape index (κ1) is 18.9. The van der Waals surface area contributed by atoms with Crippen LogP contribution < -0.4 is 5.73 Å². The van der Waals surface area contributed by atoms with Gasteiger partial charge in [0, 0.05) is 26.2 Å². The molecule has 4 nitrogen and oxygen atoms in total. The summed E-state index contributed by atoms with van der Waals surface area (Å²) in [5.74, 6) is 0.518. The Labute approximate surface area is 146 Å². The number of amides is 1. The van der Waals surface area contributed by atoms with Crippen molar-refractivity contribution >= 4 is 5.91 Å². The van der Waals surface area contributed by atoms with Crippen LogP contribution in [-0.2, 0) is 9.53 Å². The molecule has 1 aromatic rings. The predicted octanol–water partition coefficient (Wildman–Crippen LogP) is 3.29. The lowest BCUT2D eigenvalue weighted by molar-refractivity contribution is -0.144. The molecule has 3 unspecified atom stereocenters. The van der Waals surface area contributed by atoms with Crippen LogP contribution in [0.3, 0.4) is 0 Å². The lowest BCUT2D eigenvalue weighted by atomic mass is 9.88. The van der Waals surface area contributed by atoms with Crippen LogP contribution in [0, 0.1) is 18.8 Å². The summed E-state index contributed by atoms with van der Waals surface area (Å²) in [6, 6.07) is 8.47. The van der Waals surface area contributed by atoms with Crippen LogP contribution in [0.1, 0.15) is 50.3 Å². The van der Waals surface area contributed by atoms with Crippen LogP contribution in [0.5, 0.6) is 0 Å². The van der Waals surface area contributed by atoms with E-state index in [1.807, 2.05) is 11.9 Å². The van der Waals surface area contributed by atoms with Gasteiger partial charge in [0.15, 0.2) is 0 Å². The van der Waals surface area contributed by atoms with Crippen molar-refractivity contribution in [1.82, 2.24) is 4.90 Å². The van der Waals surface area contributed by atoms with Crippen LogP contribution in [0.25, 0.3) is 0 Å². The molecule has 0 aromatic heterocycles. The molecule has 1 aliphatic heterocycles. The number of rotatable bonds is 6. The van der Waals surface area contributed by atoms with Crippen molar-refractivity contribution in [1.29, 1.82) is 0 Å². The number of nitrogens with zero attached hydrogens (tertiary/aromatic N) is 1. The second kappa shape index (κ2) is 8.63. The van der Waals surface area contributed by atoms with Gasteiger partial charge in [0.05, 0.1) is 12.0 Å². The summed E-state index contributed by atoms with van der Waals surface area (Å²) in [6.07, 6.45) is 2.53. The summed E-state index contributed by atoms with van der Waals surface area (Å²) in [5.41, 5.74) is 8.44. The third kappa shape index (κ3) is 4.81. The number of benzene rings is 1. The zero-order valence-corrected chi connectivity index (χ0v) is 15.5. The molecule has 0 spiro atoms. The summed E-state index contributed by atoms with van der Waals surface area (Å²) < 4.78 is 5.98. The van der Waals surface area contributed by atoms with E-state index in [0.717, 1.165) is 31.4 Å². The number of nitrogens with two attached hydrogens (primary N) is 1. The fraction of sp³-hybridized carbons (Fsp3) is 0.650. The predicted molar refractivity (Wildman–Crippen MR) is 97.7 cm³/mol. The molecule has 1 aliphatic rings. The van der Waals surface area contributed by atoms with Crippen molar-refractivity contribution in [2.45, 2.75) is 52.2 Å². The molecule has 4 heteroatoms. The Kier molecular flexibility index (Phi) is 6.81. The van der Waals surface area contributed by atoms with Gasteiger partial charge in [0.25, 0.3) is 0 Å². The van der Waals surface area contributed by atoms with Crippen LogP contribution in [0.4, 0.5) is 0 Å². The summed E-state index contributed by atoms with van der Waals surface area (Å²) in [6.45, 7) is 7.74. The molecular formula is C20H32N2O2. The molecule has 1 aromatic carbocycles. The number of carbonyl (C=O) groups excluding carboxylic acids is 1. The van der Waals surface area contributed by atoms with Gasteiger partial charge in [-0.25, -0.2) is 0 Å². The zero-order valence-electron chi connectivity index (χ0n) is 15.5. The number of aryl methyl sites for hydroxylation is 1. The molecule has 24 heavy (non-hydrogen) atoms. The van der Waals surface area contributed by atoms with E-state index in [9.17, 15) is 4.79 Å². The highest BCUT2D eigenvalue weighted by Gasteiger charge is 2.34. The first-order chi connectivity index (χ1) is 11.4. The molecule has 1 fully saturated rings. The molecule has 0 saturated carbocycles. The van der Waals surface area contributed by atoms with E-state index < -0.39 is 0 Å². The Hall–Kier alpha value is -1.39. The van der Waals surface area contributed by atoms with E-state index >= 15 is 0 Å². The monoisotopic (exact) mass is 332 g/mol. The molecule has 1 amide bonds. The maximum atomic E-state index is 12.9. The van der Waals surface area contributed by atoms with Gasteiger partial charge >= 0.3 is 0 Å². The van der Waals surface area contributed by atoms with Crippen molar-refractivity contribution in [2.24, 2.45) is 17.6 Å². The first-order valence-electron chi connectivity index (χ1n) is 9.09. The van der Waals surface area contributed by atoms with Gasteiger partial charge in [-0.1, -0.05) is 43.7 Å². The van der Waals surface area contributed by atoms with Crippen molar-refractivity contribution < 1.29 is 9.53 Å². The van der Waals surface area contributed by atoms with Gasteiger partial charge in [-0.15, -0.1) is 0 Å². The summed E-state index contributed by atoms with van der Waals surface area (Å²) in [5, 5.41) is 0. The van der Waals surface area contributed by atoms with Gasteiger partial charge in [0.1, 0.15) is 0 Å². The molecule has 0 bridgehead atoms. The third-order valence-electron chi connectivity index (χ3n) is 5.08. The molecule has 1 saturated heterocycles. The quantitative estimate of drug-likeness (QED) is 0.869. The van der Waals surface area contributed by atoms with E-state index in [-0.39, 0.29) is 24.0 Å². The molecule has 1 heterocycles. The van der Waals surface area contributed by atoms with Gasteiger partial charge in [-0.05, 0) is 37.7 Å². The number of hydrogen-bond acceptors (Lipinski definition) is 3. The van der Waals surface area contributed by atoms with Gasteiger partial charge < -0.3 is 15.4 Å². The number of carbonyl (C=O) groups is 1. The van der Waals surface area contributed by atoms with Crippen LogP contribution in [0.15, 0.2) is 24.3 Å². The lowest BCUT2D eigenvalue weighted by Crippen LogP contribution is -2.41. The lowest BCUT2D eigenvalue weighted by Gasteiger charge is -2.34. The average molecular weight is 332 g/mol. The van der Waals surface area contributed by atoms with Crippen molar-refractivity contribution in [2.75, 3.05) is 20.2 Å². The molecular weight excluding hydrogens is 300 g/mol. The van der Waals surface area contributed by atoms with E-state index in [4.69, 9.17) is 10.5 Å². The maximum Gasteiger partial charge on any atom is 0.228 e. The van der Waals surface area contributed by atoms with E-state index in [1.54, 1.807) is 0 Å². The van der Waals surface area contributed by atoms with E-state index in [1.165, 1.54) is 5.56 Å².